The average molecular weight is 354 g/mol. The summed E-state index contributed by atoms with van der Waals surface area (Å²) in [5.74, 6) is -0.0156. The molecule has 1 atom stereocenters. The molecular weight excluding hydrogens is 326 g/mol. The van der Waals surface area contributed by atoms with Crippen LogP contribution in [0.3, 0.4) is 0 Å². The zero-order valence-electron chi connectivity index (χ0n) is 14.7. The number of benzene rings is 1. The quantitative estimate of drug-likeness (QED) is 0.795. The van der Waals surface area contributed by atoms with Gasteiger partial charge in [0.1, 0.15) is 0 Å². The molecular formula is C18H28ClN3O2. The highest BCUT2D eigenvalue weighted by molar-refractivity contribution is 5.95. The van der Waals surface area contributed by atoms with Crippen LogP contribution in [-0.2, 0) is 4.79 Å². The molecule has 1 aromatic carbocycles. The van der Waals surface area contributed by atoms with Gasteiger partial charge in [-0.05, 0) is 45.9 Å². The third-order valence-corrected chi connectivity index (χ3v) is 4.22. The smallest absolute Gasteiger partial charge is 0.253 e. The standard InChI is InChI=1S/C18H27N3O2.ClH/c1-13-9-14(2)11-16(10-13)18(23)21-8-4-5-15(12-21)17(22)20-7-6-19-3;/h9-11,15,19H,4-8,12H2,1-3H3,(H,20,22);1H. The van der Waals surface area contributed by atoms with Crippen molar-refractivity contribution in [1.82, 2.24) is 15.5 Å². The van der Waals surface area contributed by atoms with Crippen molar-refractivity contribution in [1.29, 1.82) is 0 Å². The molecule has 0 aliphatic carbocycles. The maximum Gasteiger partial charge on any atom is 0.253 e. The van der Waals surface area contributed by atoms with E-state index in [1.54, 1.807) is 0 Å². The number of likely N-dealkylation sites (tertiary alicyclic amines) is 1. The number of carbonyl (C=O) groups excluding carboxylic acids is 2. The molecule has 24 heavy (non-hydrogen) atoms. The van der Waals surface area contributed by atoms with Gasteiger partial charge in [-0.1, -0.05) is 17.2 Å². The highest BCUT2D eigenvalue weighted by Gasteiger charge is 2.28. The van der Waals surface area contributed by atoms with Gasteiger partial charge in [0.25, 0.3) is 5.91 Å². The first kappa shape index (κ1) is 20.5. The fraction of sp³-hybridized carbons (Fsp3) is 0.556. The van der Waals surface area contributed by atoms with Crippen molar-refractivity contribution < 1.29 is 9.59 Å². The normalized spacial score (nSPS) is 17.1. The molecule has 1 saturated heterocycles. The van der Waals surface area contributed by atoms with Gasteiger partial charge in [-0.2, -0.15) is 0 Å². The molecule has 1 aliphatic heterocycles. The van der Waals surface area contributed by atoms with Crippen LogP contribution in [0, 0.1) is 19.8 Å². The Morgan fingerprint density at radius 1 is 1.17 bits per heavy atom. The molecule has 0 saturated carbocycles. The highest BCUT2D eigenvalue weighted by Crippen LogP contribution is 2.20. The zero-order chi connectivity index (χ0) is 16.8. The predicted octanol–water partition coefficient (Wildman–Crippen LogP) is 1.91. The molecule has 5 nitrogen and oxygen atoms in total. The number of amides is 2. The number of likely N-dealkylation sites (N-methyl/N-ethyl adjacent to an activating group) is 1. The maximum absolute atomic E-state index is 12.7. The topological polar surface area (TPSA) is 61.4 Å². The van der Waals surface area contributed by atoms with E-state index >= 15 is 0 Å². The number of aryl methyl sites for hydroxylation is 2. The van der Waals surface area contributed by atoms with Crippen molar-refractivity contribution in [3.05, 3.63) is 34.9 Å². The minimum atomic E-state index is -0.101. The summed E-state index contributed by atoms with van der Waals surface area (Å²) in [7, 11) is 1.86. The molecule has 0 radical (unpaired) electrons. The van der Waals surface area contributed by atoms with Gasteiger partial charge in [0, 0.05) is 31.7 Å². The molecule has 2 amide bonds. The molecule has 2 N–H and O–H groups in total. The number of nitrogens with zero attached hydrogens (tertiary/aromatic N) is 1. The lowest BCUT2D eigenvalue weighted by molar-refractivity contribution is -0.126. The highest BCUT2D eigenvalue weighted by atomic mass is 35.5. The summed E-state index contributed by atoms with van der Waals surface area (Å²) in [6.07, 6.45) is 1.72. The molecule has 0 aromatic heterocycles. The van der Waals surface area contributed by atoms with Crippen LogP contribution in [0.15, 0.2) is 18.2 Å². The molecule has 0 spiro atoms. The number of piperidine rings is 1. The summed E-state index contributed by atoms with van der Waals surface area (Å²) in [4.78, 5) is 26.7. The van der Waals surface area contributed by atoms with Crippen LogP contribution < -0.4 is 10.6 Å². The van der Waals surface area contributed by atoms with E-state index < -0.39 is 0 Å². The van der Waals surface area contributed by atoms with Gasteiger partial charge in [0.15, 0.2) is 0 Å². The molecule has 0 bridgehead atoms. The van der Waals surface area contributed by atoms with E-state index in [1.165, 1.54) is 0 Å². The second-order valence-corrected chi connectivity index (χ2v) is 6.36. The van der Waals surface area contributed by atoms with Crippen molar-refractivity contribution in [2.45, 2.75) is 26.7 Å². The lowest BCUT2D eigenvalue weighted by Gasteiger charge is -2.32. The van der Waals surface area contributed by atoms with Gasteiger partial charge in [-0.3, -0.25) is 9.59 Å². The lowest BCUT2D eigenvalue weighted by atomic mass is 9.96. The first-order valence-corrected chi connectivity index (χ1v) is 8.31. The van der Waals surface area contributed by atoms with E-state index in [4.69, 9.17) is 0 Å². The summed E-state index contributed by atoms with van der Waals surface area (Å²) < 4.78 is 0. The summed E-state index contributed by atoms with van der Waals surface area (Å²) in [6, 6.07) is 5.91. The summed E-state index contributed by atoms with van der Waals surface area (Å²) in [5.41, 5.74) is 2.90. The van der Waals surface area contributed by atoms with E-state index in [0.717, 1.165) is 42.6 Å². The van der Waals surface area contributed by atoms with E-state index in [9.17, 15) is 9.59 Å². The van der Waals surface area contributed by atoms with Gasteiger partial charge in [0.2, 0.25) is 5.91 Å². The van der Waals surface area contributed by atoms with Crippen LogP contribution in [0.5, 0.6) is 0 Å². The minimum Gasteiger partial charge on any atom is -0.355 e. The molecule has 1 aliphatic rings. The Hall–Kier alpha value is -1.59. The third kappa shape index (κ3) is 5.49. The van der Waals surface area contributed by atoms with Crippen LogP contribution in [0.1, 0.15) is 34.3 Å². The fourth-order valence-electron chi connectivity index (χ4n) is 3.11. The van der Waals surface area contributed by atoms with Crippen LogP contribution in [0.2, 0.25) is 0 Å². The summed E-state index contributed by atoms with van der Waals surface area (Å²) in [6.45, 7) is 6.61. The molecule has 1 unspecified atom stereocenters. The second kappa shape index (κ2) is 9.64. The van der Waals surface area contributed by atoms with E-state index in [-0.39, 0.29) is 30.1 Å². The number of rotatable bonds is 5. The first-order valence-electron chi connectivity index (χ1n) is 8.31. The minimum absolute atomic E-state index is 0. The van der Waals surface area contributed by atoms with E-state index in [0.29, 0.717) is 13.1 Å². The van der Waals surface area contributed by atoms with Gasteiger partial charge in [-0.25, -0.2) is 0 Å². The monoisotopic (exact) mass is 353 g/mol. The van der Waals surface area contributed by atoms with E-state index in [2.05, 4.69) is 16.7 Å². The fourth-order valence-corrected chi connectivity index (χ4v) is 3.11. The third-order valence-electron chi connectivity index (χ3n) is 4.22. The molecule has 1 heterocycles. The Balaban J connectivity index is 0.00000288. The average Bonchev–Trinajstić information content (AvgIpc) is 2.53. The van der Waals surface area contributed by atoms with Gasteiger partial charge in [0.05, 0.1) is 5.92 Å². The van der Waals surface area contributed by atoms with Crippen molar-refractivity contribution in [3.8, 4) is 0 Å². The van der Waals surface area contributed by atoms with Crippen LogP contribution in [-0.4, -0.2) is 49.9 Å². The summed E-state index contributed by atoms with van der Waals surface area (Å²) in [5, 5.41) is 5.94. The van der Waals surface area contributed by atoms with Crippen molar-refractivity contribution in [2.75, 3.05) is 33.2 Å². The number of hydrogen-bond donors (Lipinski definition) is 2. The van der Waals surface area contributed by atoms with Crippen LogP contribution in [0.4, 0.5) is 0 Å². The van der Waals surface area contributed by atoms with Gasteiger partial charge < -0.3 is 15.5 Å². The van der Waals surface area contributed by atoms with Crippen LogP contribution >= 0.6 is 12.4 Å². The number of halogens is 1. The van der Waals surface area contributed by atoms with Crippen molar-refractivity contribution >= 4 is 24.2 Å². The Kier molecular flexibility index (Phi) is 8.22. The largest absolute Gasteiger partial charge is 0.355 e. The predicted molar refractivity (Wildman–Crippen MR) is 98.7 cm³/mol. The SMILES string of the molecule is CNCCNC(=O)C1CCCN(C(=O)c2cc(C)cc(C)c2)C1.Cl. The Bertz CT molecular complexity index is 557. The van der Waals surface area contributed by atoms with E-state index in [1.807, 2.05) is 37.9 Å². The first-order chi connectivity index (χ1) is 11.0. The number of hydrogen-bond acceptors (Lipinski definition) is 3. The maximum atomic E-state index is 12.7. The van der Waals surface area contributed by atoms with Crippen molar-refractivity contribution in [3.63, 3.8) is 0 Å². The molecule has 1 fully saturated rings. The molecule has 6 heteroatoms. The zero-order valence-corrected chi connectivity index (χ0v) is 15.5. The van der Waals surface area contributed by atoms with Crippen LogP contribution in [0.25, 0.3) is 0 Å². The molecule has 134 valence electrons. The molecule has 1 aromatic rings. The molecule has 2 rings (SSSR count). The summed E-state index contributed by atoms with van der Waals surface area (Å²) >= 11 is 0. The second-order valence-electron chi connectivity index (χ2n) is 6.36. The lowest BCUT2D eigenvalue weighted by Crippen LogP contribution is -2.46. The van der Waals surface area contributed by atoms with Gasteiger partial charge >= 0.3 is 0 Å². The Morgan fingerprint density at radius 2 is 1.83 bits per heavy atom. The van der Waals surface area contributed by atoms with Gasteiger partial charge in [-0.15, -0.1) is 12.4 Å². The van der Waals surface area contributed by atoms with Crippen molar-refractivity contribution in [2.24, 2.45) is 5.92 Å². The Labute approximate surface area is 150 Å². The Morgan fingerprint density at radius 3 is 2.46 bits per heavy atom. The number of carbonyl (C=O) groups is 2. The number of nitrogens with one attached hydrogen (secondary N) is 2.